The first-order valence-electron chi connectivity index (χ1n) is 17.5. The highest BCUT2D eigenvalue weighted by Crippen LogP contribution is 2.37. The second-order valence-corrected chi connectivity index (χ2v) is 12.6. The molecule has 0 heterocycles. The Kier molecular flexibility index (Phi) is 13.5. The van der Waals surface area contributed by atoms with Crippen LogP contribution in [0.4, 0.5) is 11.4 Å². The second-order valence-electron chi connectivity index (χ2n) is 12.6. The number of hydrogen-bond acceptors (Lipinski definition) is 12. The monoisotopic (exact) mass is 762 g/mol. The van der Waals surface area contributed by atoms with Gasteiger partial charge in [0.25, 0.3) is 0 Å². The van der Waals surface area contributed by atoms with Crippen molar-refractivity contribution in [3.8, 4) is 57.5 Å². The highest BCUT2D eigenvalue weighted by atomic mass is 16.5. The molecule has 0 saturated carbocycles. The molecule has 6 aromatic carbocycles. The summed E-state index contributed by atoms with van der Waals surface area (Å²) < 4.78 is 20.8. The Morgan fingerprint density at radius 3 is 0.786 bits per heavy atom. The molecule has 6 aromatic rings. The first-order valence-corrected chi connectivity index (χ1v) is 17.5. The summed E-state index contributed by atoms with van der Waals surface area (Å²) >= 11 is 0. The Balaban J connectivity index is 0.000000214. The lowest BCUT2D eigenvalue weighted by Gasteiger charge is -2.26. The van der Waals surface area contributed by atoms with E-state index in [1.165, 1.54) is 28.4 Å². The Morgan fingerprint density at radius 1 is 0.339 bits per heavy atom. The number of para-hydroxylation sites is 4. The van der Waals surface area contributed by atoms with E-state index in [0.717, 1.165) is 11.4 Å². The van der Waals surface area contributed by atoms with E-state index in [-0.39, 0.29) is 34.5 Å². The van der Waals surface area contributed by atoms with E-state index in [4.69, 9.17) is 18.9 Å². The number of hydrogen-bond donors (Lipinski definition) is 6. The fourth-order valence-corrected chi connectivity index (χ4v) is 6.07. The number of phenols is 6. The summed E-state index contributed by atoms with van der Waals surface area (Å²) in [6.07, 6.45) is 0. The molecule has 56 heavy (non-hydrogen) atoms. The zero-order valence-electron chi connectivity index (χ0n) is 31.6. The van der Waals surface area contributed by atoms with Crippen LogP contribution in [-0.2, 0) is 26.2 Å². The number of methoxy groups -OCH3 is 4. The molecule has 0 aliphatic heterocycles. The molecule has 0 bridgehead atoms. The van der Waals surface area contributed by atoms with Gasteiger partial charge in [0.1, 0.15) is 11.5 Å². The number of rotatable bonds is 14. The quantitative estimate of drug-likeness (QED) is 0.0634. The van der Waals surface area contributed by atoms with Crippen LogP contribution >= 0.6 is 0 Å². The third kappa shape index (κ3) is 9.71. The van der Waals surface area contributed by atoms with Crippen molar-refractivity contribution in [2.45, 2.75) is 26.2 Å². The summed E-state index contributed by atoms with van der Waals surface area (Å²) in [5.74, 6) is 2.20. The summed E-state index contributed by atoms with van der Waals surface area (Å²) in [7, 11) is 6.02. The maximum absolute atomic E-state index is 10.5. The Morgan fingerprint density at radius 2 is 0.571 bits per heavy atom. The molecule has 6 N–H and O–H groups in total. The smallest absolute Gasteiger partial charge is 0.162 e. The van der Waals surface area contributed by atoms with Crippen molar-refractivity contribution >= 4 is 11.4 Å². The van der Waals surface area contributed by atoms with Gasteiger partial charge < -0.3 is 59.4 Å². The number of aromatic hydroxyl groups is 6. The second kappa shape index (κ2) is 18.8. The van der Waals surface area contributed by atoms with Crippen LogP contribution in [0.15, 0.2) is 121 Å². The molecule has 0 amide bonds. The van der Waals surface area contributed by atoms with Gasteiger partial charge in [-0.15, -0.1) is 0 Å². The standard InChI is InChI=1S/2C22H23NO5/c2*1-27-19-7-3-5-15(21(19)25)13-23(17-9-11-18(24)12-10-17)14-16-6-4-8-20(28-2)22(16)26/h2*3-12,24-26H,13-14H2,1-2H3. The normalized spacial score (nSPS) is 10.5. The lowest BCUT2D eigenvalue weighted by atomic mass is 10.1. The molecule has 292 valence electrons. The highest BCUT2D eigenvalue weighted by molar-refractivity contribution is 5.56. The molecule has 12 nitrogen and oxygen atoms in total. The number of phenolic OH excluding ortho intramolecular Hbond substituents is 6. The van der Waals surface area contributed by atoms with E-state index in [9.17, 15) is 30.6 Å². The predicted molar refractivity (Wildman–Crippen MR) is 215 cm³/mol. The Labute approximate surface area is 325 Å². The maximum Gasteiger partial charge on any atom is 0.162 e. The van der Waals surface area contributed by atoms with E-state index in [1.54, 1.807) is 72.8 Å². The molecule has 0 spiro atoms. The van der Waals surface area contributed by atoms with Gasteiger partial charge in [-0.2, -0.15) is 0 Å². The average Bonchev–Trinajstić information content (AvgIpc) is 3.21. The summed E-state index contributed by atoms with van der Waals surface area (Å²) in [6.45, 7) is 1.46. The van der Waals surface area contributed by atoms with Crippen molar-refractivity contribution in [2.75, 3.05) is 38.2 Å². The summed E-state index contributed by atoms with van der Waals surface area (Å²) in [5, 5.41) is 61.1. The third-order valence-electron chi connectivity index (χ3n) is 9.08. The van der Waals surface area contributed by atoms with Crippen LogP contribution in [-0.4, -0.2) is 59.1 Å². The average molecular weight is 763 g/mol. The van der Waals surface area contributed by atoms with Crippen molar-refractivity contribution in [1.29, 1.82) is 0 Å². The molecule has 12 heteroatoms. The summed E-state index contributed by atoms with van der Waals surface area (Å²) in [4.78, 5) is 3.95. The van der Waals surface area contributed by atoms with Gasteiger partial charge in [0, 0.05) is 59.8 Å². The van der Waals surface area contributed by atoms with Gasteiger partial charge in [-0.05, 0) is 72.8 Å². The van der Waals surface area contributed by atoms with Crippen molar-refractivity contribution in [1.82, 2.24) is 0 Å². The van der Waals surface area contributed by atoms with Gasteiger partial charge in [0.2, 0.25) is 0 Å². The topological polar surface area (TPSA) is 165 Å². The van der Waals surface area contributed by atoms with Gasteiger partial charge in [0.05, 0.1) is 28.4 Å². The third-order valence-corrected chi connectivity index (χ3v) is 9.08. The van der Waals surface area contributed by atoms with Crippen molar-refractivity contribution in [2.24, 2.45) is 0 Å². The van der Waals surface area contributed by atoms with Crippen LogP contribution in [0.1, 0.15) is 22.3 Å². The van der Waals surface area contributed by atoms with Gasteiger partial charge in [-0.1, -0.05) is 48.5 Å². The largest absolute Gasteiger partial charge is 0.508 e. The van der Waals surface area contributed by atoms with Crippen LogP contribution < -0.4 is 28.7 Å². The Bertz CT molecular complexity index is 1930. The van der Waals surface area contributed by atoms with Crippen LogP contribution in [0.3, 0.4) is 0 Å². The van der Waals surface area contributed by atoms with Gasteiger partial charge in [-0.25, -0.2) is 0 Å². The Hall–Kier alpha value is -7.08. The molecule has 6 rings (SSSR count). The number of nitrogens with zero attached hydrogens (tertiary/aromatic N) is 2. The van der Waals surface area contributed by atoms with Gasteiger partial charge in [0.15, 0.2) is 46.0 Å². The van der Waals surface area contributed by atoms with Crippen LogP contribution in [0.2, 0.25) is 0 Å². The fourth-order valence-electron chi connectivity index (χ4n) is 6.07. The molecule has 0 unspecified atom stereocenters. The zero-order valence-corrected chi connectivity index (χ0v) is 31.6. The van der Waals surface area contributed by atoms with Gasteiger partial charge >= 0.3 is 0 Å². The summed E-state index contributed by atoms with van der Waals surface area (Å²) in [6, 6.07) is 34.8. The van der Waals surface area contributed by atoms with E-state index in [0.29, 0.717) is 71.4 Å². The minimum absolute atomic E-state index is 0.0728. The number of ether oxygens (including phenoxy) is 4. The molecular formula is C44H46N2O10. The number of benzene rings is 6. The molecule has 0 aliphatic carbocycles. The maximum atomic E-state index is 10.5. The molecule has 0 aromatic heterocycles. The van der Waals surface area contributed by atoms with Crippen molar-refractivity contribution < 1.29 is 49.6 Å². The van der Waals surface area contributed by atoms with E-state index in [1.807, 2.05) is 58.3 Å². The SMILES string of the molecule is COc1cccc(CN(Cc2cccc(OC)c2O)c2ccc(O)cc2)c1O.COc1cccc(CN(Cc2cccc(OC)c2O)c2ccc(O)cc2)c1O. The summed E-state index contributed by atoms with van der Waals surface area (Å²) in [5.41, 5.74) is 4.35. The van der Waals surface area contributed by atoms with E-state index in [2.05, 4.69) is 0 Å². The lowest BCUT2D eigenvalue weighted by Crippen LogP contribution is -2.22. The molecule has 0 aliphatic rings. The molecule has 0 atom stereocenters. The molecule has 0 fully saturated rings. The highest BCUT2D eigenvalue weighted by Gasteiger charge is 2.18. The lowest BCUT2D eigenvalue weighted by molar-refractivity contribution is 0.369. The van der Waals surface area contributed by atoms with Crippen LogP contribution in [0.25, 0.3) is 0 Å². The van der Waals surface area contributed by atoms with Crippen molar-refractivity contribution in [3.63, 3.8) is 0 Å². The van der Waals surface area contributed by atoms with E-state index >= 15 is 0 Å². The fraction of sp³-hybridized carbons (Fsp3) is 0.182. The van der Waals surface area contributed by atoms with E-state index < -0.39 is 0 Å². The van der Waals surface area contributed by atoms with Gasteiger partial charge in [-0.3, -0.25) is 0 Å². The minimum atomic E-state index is 0.0728. The first-order chi connectivity index (χ1) is 27.1. The predicted octanol–water partition coefficient (Wildman–Crippen LogP) is 8.05. The zero-order chi connectivity index (χ0) is 40.2. The molecular weight excluding hydrogens is 716 g/mol. The van der Waals surface area contributed by atoms with Crippen LogP contribution in [0.5, 0.6) is 57.5 Å². The minimum Gasteiger partial charge on any atom is -0.508 e. The van der Waals surface area contributed by atoms with Crippen molar-refractivity contribution in [3.05, 3.63) is 144 Å². The first kappa shape index (κ1) is 40.1. The molecule has 0 radical (unpaired) electrons. The number of anilines is 2. The molecule has 0 saturated heterocycles. The van der Waals surface area contributed by atoms with Crippen LogP contribution in [0, 0.1) is 0 Å².